The summed E-state index contributed by atoms with van der Waals surface area (Å²) in [7, 11) is 0. The summed E-state index contributed by atoms with van der Waals surface area (Å²) in [6.07, 6.45) is -8.08. The molecule has 4 aliphatic rings. The summed E-state index contributed by atoms with van der Waals surface area (Å²) in [5.74, 6) is -6.18. The molecule has 328 valence electrons. The summed E-state index contributed by atoms with van der Waals surface area (Å²) in [6.45, 7) is 8.22. The van der Waals surface area contributed by atoms with Crippen molar-refractivity contribution in [3.05, 3.63) is 119 Å². The minimum Gasteiger partial charge on any atom is -0.457 e. The number of nitrogens with one attached hydrogen (secondary N) is 1. The van der Waals surface area contributed by atoms with E-state index in [9.17, 15) is 34.2 Å². The summed E-state index contributed by atoms with van der Waals surface area (Å²) < 4.78 is 30.6. The standard InChI is InChI=1S/C47H50BrNO13/c1-25-31(60-43(56)35(48)36(28-16-10-7-11-17-28)49-41(54)29-18-12-8-13-19-29)23-47(57)40(61-42(55)30-20-14-9-15-21-30)38-45(6,32(52)22-33-46(38,24-58-33)62-27(3)51)39(53)37(59-26(2)50)34(25)44(47,4)5/h7-21,31-33,35-38,40,52,57H,22-24H2,1-6H3,(H,49,54)/t31-,32-,33+,35+,36-,37+,38-,40-,45+,46-,47+/m0/s1. The molecule has 3 fully saturated rings. The first kappa shape index (κ1) is 44.8. The van der Waals surface area contributed by atoms with Gasteiger partial charge in [0.2, 0.25) is 0 Å². The summed E-state index contributed by atoms with van der Waals surface area (Å²) in [4.78, 5) is 82.6. The molecule has 2 bridgehead atoms. The zero-order valence-corrected chi connectivity index (χ0v) is 36.7. The second-order valence-corrected chi connectivity index (χ2v) is 18.3. The fourth-order valence-electron chi connectivity index (χ4n) is 10.2. The highest BCUT2D eigenvalue weighted by Gasteiger charge is 2.78. The number of hydrogen-bond acceptors (Lipinski definition) is 13. The molecule has 3 N–H and O–H groups in total. The van der Waals surface area contributed by atoms with Crippen LogP contribution in [0.1, 0.15) is 86.7 Å². The van der Waals surface area contributed by atoms with Crippen molar-refractivity contribution in [2.45, 2.75) is 107 Å². The van der Waals surface area contributed by atoms with E-state index < -0.39 is 111 Å². The van der Waals surface area contributed by atoms with E-state index in [1.54, 1.807) is 99.6 Å². The van der Waals surface area contributed by atoms with Crippen LogP contribution in [0.15, 0.2) is 102 Å². The topological polar surface area (TPSA) is 201 Å². The number of esters is 4. The van der Waals surface area contributed by atoms with Gasteiger partial charge in [0, 0.05) is 37.7 Å². The predicted molar refractivity (Wildman–Crippen MR) is 224 cm³/mol. The highest BCUT2D eigenvalue weighted by Crippen LogP contribution is 2.64. The van der Waals surface area contributed by atoms with Gasteiger partial charge in [-0.15, -0.1) is 0 Å². The SMILES string of the molecule is CC(=O)O[C@H]1C(=O)[C@@]2(C)[C@H]([C@H](OC(=O)c3ccccc3)[C@]3(O)C[C@H](OC(=O)[C@H](Br)[C@@H](NC(=O)c4ccccc4)c4ccccc4)C(C)=C1C3(C)C)[C@]1(OC(C)=O)CO[C@@H]1C[C@@H]2O. The maximum Gasteiger partial charge on any atom is 0.338 e. The van der Waals surface area contributed by atoms with Crippen LogP contribution in [-0.4, -0.2) is 98.9 Å². The second kappa shape index (κ2) is 16.8. The summed E-state index contributed by atoms with van der Waals surface area (Å²) in [5, 5.41) is 28.7. The third kappa shape index (κ3) is 7.46. The van der Waals surface area contributed by atoms with E-state index in [2.05, 4.69) is 21.2 Å². The molecular formula is C47H50BrNO13. The highest BCUT2D eigenvalue weighted by molar-refractivity contribution is 9.10. The second-order valence-electron chi connectivity index (χ2n) is 17.3. The van der Waals surface area contributed by atoms with Crippen molar-refractivity contribution < 1.29 is 62.7 Å². The minimum absolute atomic E-state index is 0.0634. The first-order valence-corrected chi connectivity index (χ1v) is 21.3. The fraction of sp³-hybridized carbons (Fsp3) is 0.447. The van der Waals surface area contributed by atoms with Crippen LogP contribution in [0.25, 0.3) is 0 Å². The van der Waals surface area contributed by atoms with Gasteiger partial charge in [-0.3, -0.25) is 24.0 Å². The van der Waals surface area contributed by atoms with E-state index >= 15 is 4.79 Å². The maximum atomic E-state index is 15.5. The molecule has 1 aliphatic heterocycles. The number of ketones is 1. The zero-order chi connectivity index (χ0) is 44.9. The number of hydrogen-bond donors (Lipinski definition) is 3. The molecule has 0 unspecified atom stereocenters. The van der Waals surface area contributed by atoms with Gasteiger partial charge >= 0.3 is 23.9 Å². The van der Waals surface area contributed by atoms with E-state index in [0.29, 0.717) is 11.1 Å². The van der Waals surface area contributed by atoms with Gasteiger partial charge < -0.3 is 39.2 Å². The number of benzene rings is 3. The van der Waals surface area contributed by atoms with Gasteiger partial charge in [-0.25, -0.2) is 4.79 Å². The average molecular weight is 917 g/mol. The van der Waals surface area contributed by atoms with Gasteiger partial charge in [-0.2, -0.15) is 0 Å². The van der Waals surface area contributed by atoms with Crippen molar-refractivity contribution in [2.24, 2.45) is 16.7 Å². The third-order valence-electron chi connectivity index (χ3n) is 13.4. The smallest absolute Gasteiger partial charge is 0.338 e. The molecule has 0 radical (unpaired) electrons. The van der Waals surface area contributed by atoms with Crippen LogP contribution >= 0.6 is 15.9 Å². The molecule has 3 aromatic rings. The van der Waals surface area contributed by atoms with E-state index in [4.69, 9.17) is 23.7 Å². The molecule has 0 spiro atoms. The number of aliphatic hydroxyl groups is 2. The highest BCUT2D eigenvalue weighted by atomic mass is 79.9. The van der Waals surface area contributed by atoms with Gasteiger partial charge in [0.1, 0.15) is 28.7 Å². The number of amides is 1. The lowest BCUT2D eigenvalue weighted by atomic mass is 9.44. The van der Waals surface area contributed by atoms with Gasteiger partial charge in [-0.05, 0) is 54.8 Å². The lowest BCUT2D eigenvalue weighted by molar-refractivity contribution is -0.346. The Morgan fingerprint density at radius 2 is 1.42 bits per heavy atom. The molecule has 3 aromatic carbocycles. The van der Waals surface area contributed by atoms with E-state index in [-0.39, 0.29) is 29.7 Å². The molecule has 15 heteroatoms. The largest absolute Gasteiger partial charge is 0.457 e. The van der Waals surface area contributed by atoms with Crippen molar-refractivity contribution in [1.82, 2.24) is 5.32 Å². The lowest BCUT2D eigenvalue weighted by Crippen LogP contribution is -2.82. The number of carbonyl (C=O) groups is 6. The molecular weight excluding hydrogens is 866 g/mol. The Bertz CT molecular complexity index is 2290. The van der Waals surface area contributed by atoms with Gasteiger partial charge in [0.25, 0.3) is 5.91 Å². The molecule has 7 rings (SSSR count). The van der Waals surface area contributed by atoms with Gasteiger partial charge in [0.05, 0.1) is 35.6 Å². The monoisotopic (exact) mass is 915 g/mol. The van der Waals surface area contributed by atoms with E-state index in [1.807, 2.05) is 0 Å². The van der Waals surface area contributed by atoms with Crippen LogP contribution < -0.4 is 5.32 Å². The van der Waals surface area contributed by atoms with Crippen molar-refractivity contribution in [3.8, 4) is 0 Å². The van der Waals surface area contributed by atoms with Gasteiger partial charge in [0.15, 0.2) is 17.5 Å². The Balaban J connectivity index is 1.39. The number of carbonyl (C=O) groups excluding carboxylic acids is 6. The van der Waals surface area contributed by atoms with Crippen LogP contribution in [-0.2, 0) is 42.9 Å². The first-order valence-electron chi connectivity index (χ1n) is 20.4. The van der Waals surface area contributed by atoms with E-state index in [1.165, 1.54) is 26.0 Å². The predicted octanol–water partition coefficient (Wildman–Crippen LogP) is 5.14. The van der Waals surface area contributed by atoms with Crippen molar-refractivity contribution in [1.29, 1.82) is 0 Å². The number of Topliss-reactive ketones (excluding diaryl/α,β-unsaturated/α-hetero) is 1. The zero-order valence-electron chi connectivity index (χ0n) is 35.2. The Morgan fingerprint density at radius 1 is 0.839 bits per heavy atom. The summed E-state index contributed by atoms with van der Waals surface area (Å²) in [6, 6.07) is 24.2. The normalized spacial score (nSPS) is 31.9. The molecule has 3 aliphatic carbocycles. The van der Waals surface area contributed by atoms with Crippen LogP contribution in [0.4, 0.5) is 0 Å². The Hall–Kier alpha value is -5.22. The number of ether oxygens (including phenoxy) is 5. The van der Waals surface area contributed by atoms with Crippen molar-refractivity contribution in [3.63, 3.8) is 0 Å². The van der Waals surface area contributed by atoms with E-state index in [0.717, 1.165) is 6.92 Å². The molecule has 0 aromatic heterocycles. The molecule has 11 atom stereocenters. The van der Waals surface area contributed by atoms with Crippen LogP contribution in [0.5, 0.6) is 0 Å². The Labute approximate surface area is 367 Å². The lowest BCUT2D eigenvalue weighted by Gasteiger charge is -2.67. The molecule has 1 heterocycles. The quantitative estimate of drug-likeness (QED) is 0.105. The number of fused-ring (bicyclic) bond motifs is 5. The number of aliphatic hydroxyl groups excluding tert-OH is 1. The number of halogens is 1. The third-order valence-corrected chi connectivity index (χ3v) is 14.3. The molecule has 62 heavy (non-hydrogen) atoms. The first-order chi connectivity index (χ1) is 29.3. The average Bonchev–Trinajstić information content (AvgIpc) is 3.24. The molecule has 1 saturated heterocycles. The summed E-state index contributed by atoms with van der Waals surface area (Å²) in [5.41, 5.74) is -6.36. The number of rotatable bonds is 10. The fourth-order valence-corrected chi connectivity index (χ4v) is 10.7. The maximum absolute atomic E-state index is 15.5. The number of alkyl halides is 1. The van der Waals surface area contributed by atoms with Crippen LogP contribution in [0.2, 0.25) is 0 Å². The van der Waals surface area contributed by atoms with Crippen molar-refractivity contribution in [2.75, 3.05) is 6.61 Å². The van der Waals surface area contributed by atoms with Crippen LogP contribution in [0.3, 0.4) is 0 Å². The van der Waals surface area contributed by atoms with Crippen molar-refractivity contribution >= 4 is 51.5 Å². The Morgan fingerprint density at radius 3 is 1.97 bits per heavy atom. The van der Waals surface area contributed by atoms with Gasteiger partial charge in [-0.1, -0.05) is 96.5 Å². The van der Waals surface area contributed by atoms with Crippen LogP contribution in [0, 0.1) is 16.7 Å². The Kier molecular flexibility index (Phi) is 12.2. The summed E-state index contributed by atoms with van der Waals surface area (Å²) >= 11 is 3.50. The molecule has 1 amide bonds. The molecule has 2 saturated carbocycles. The minimum atomic E-state index is -2.32. The molecule has 14 nitrogen and oxygen atoms in total.